The lowest BCUT2D eigenvalue weighted by molar-refractivity contribution is -0.126. The quantitative estimate of drug-likeness (QED) is 0.534. The van der Waals surface area contributed by atoms with E-state index in [0.29, 0.717) is 19.5 Å². The van der Waals surface area contributed by atoms with Crippen LogP contribution in [0.4, 0.5) is 0 Å². The highest BCUT2D eigenvalue weighted by Crippen LogP contribution is 2.08. The molecule has 0 bridgehead atoms. The summed E-state index contributed by atoms with van der Waals surface area (Å²) in [5.41, 5.74) is 3.18. The third kappa shape index (κ3) is 8.93. The fourth-order valence-corrected chi connectivity index (χ4v) is 2.62. The first kappa shape index (κ1) is 19.1. The molecule has 3 nitrogen and oxygen atoms in total. The van der Waals surface area contributed by atoms with Gasteiger partial charge in [0, 0.05) is 13.1 Å². The van der Waals surface area contributed by atoms with Crippen molar-refractivity contribution in [1.82, 2.24) is 4.90 Å². The number of ketones is 1. The van der Waals surface area contributed by atoms with E-state index >= 15 is 0 Å². The van der Waals surface area contributed by atoms with Crippen molar-refractivity contribution in [2.24, 2.45) is 0 Å². The maximum Gasteiger partial charge on any atom is 0.246 e. The monoisotopic (exact) mass is 329 g/mol. The SMILES string of the molecule is CC(=O)/C=C/CCN(Cc1ccccc1)C(=O)/C=C/[Si](C)(C)C. The summed E-state index contributed by atoms with van der Waals surface area (Å²) in [7, 11) is -1.40. The molecule has 0 unspecified atom stereocenters. The molecule has 0 aliphatic carbocycles. The Balaban J connectivity index is 2.76. The number of benzene rings is 1. The standard InChI is InChI=1S/C19H27NO2Si/c1-17(21)10-8-9-14-20(16-18-11-6-5-7-12-18)19(22)13-15-23(2,3)4/h5-8,10-13,15H,9,14,16H2,1-4H3/b10-8+,15-13+. The minimum absolute atomic E-state index is 0.0320. The van der Waals surface area contributed by atoms with Crippen molar-refractivity contribution < 1.29 is 9.59 Å². The van der Waals surface area contributed by atoms with Crippen LogP contribution in [-0.2, 0) is 16.1 Å². The van der Waals surface area contributed by atoms with Crippen molar-refractivity contribution in [3.63, 3.8) is 0 Å². The predicted molar refractivity (Wildman–Crippen MR) is 98.8 cm³/mol. The highest BCUT2D eigenvalue weighted by atomic mass is 28.3. The molecular formula is C19H27NO2Si. The molecule has 1 amide bonds. The normalized spacial score (nSPS) is 12.0. The molecule has 0 aromatic heterocycles. The van der Waals surface area contributed by atoms with Gasteiger partial charge in [-0.15, -0.1) is 0 Å². The van der Waals surface area contributed by atoms with Gasteiger partial charge < -0.3 is 4.90 Å². The molecule has 0 spiro atoms. The minimum Gasteiger partial charge on any atom is -0.335 e. The van der Waals surface area contributed by atoms with Crippen LogP contribution in [0.15, 0.2) is 54.3 Å². The second kappa shape index (κ2) is 9.25. The van der Waals surface area contributed by atoms with Gasteiger partial charge in [-0.2, -0.15) is 0 Å². The zero-order chi connectivity index (χ0) is 17.3. The van der Waals surface area contributed by atoms with E-state index in [9.17, 15) is 9.59 Å². The Hall–Kier alpha value is -1.94. The van der Waals surface area contributed by atoms with Gasteiger partial charge in [0.15, 0.2) is 5.78 Å². The smallest absolute Gasteiger partial charge is 0.246 e. The van der Waals surface area contributed by atoms with E-state index in [1.54, 1.807) is 12.2 Å². The van der Waals surface area contributed by atoms with Gasteiger partial charge in [0.2, 0.25) is 5.91 Å². The molecule has 1 aromatic rings. The van der Waals surface area contributed by atoms with Crippen LogP contribution in [0.3, 0.4) is 0 Å². The molecule has 0 heterocycles. The van der Waals surface area contributed by atoms with E-state index < -0.39 is 8.07 Å². The highest BCUT2D eigenvalue weighted by molar-refractivity contribution is 6.81. The van der Waals surface area contributed by atoms with E-state index in [-0.39, 0.29) is 11.7 Å². The molecule has 4 heteroatoms. The van der Waals surface area contributed by atoms with Crippen LogP contribution in [0.25, 0.3) is 0 Å². The number of rotatable bonds is 8. The lowest BCUT2D eigenvalue weighted by atomic mass is 10.2. The molecule has 0 N–H and O–H groups in total. The van der Waals surface area contributed by atoms with Crippen LogP contribution in [0.1, 0.15) is 18.9 Å². The van der Waals surface area contributed by atoms with Gasteiger partial charge in [-0.1, -0.05) is 61.7 Å². The van der Waals surface area contributed by atoms with Crippen LogP contribution < -0.4 is 0 Å². The second-order valence-corrected chi connectivity index (χ2v) is 11.8. The number of hydrogen-bond acceptors (Lipinski definition) is 2. The number of nitrogens with zero attached hydrogens (tertiary/aromatic N) is 1. The molecule has 0 aliphatic rings. The van der Waals surface area contributed by atoms with Crippen molar-refractivity contribution >= 4 is 19.8 Å². The molecular weight excluding hydrogens is 302 g/mol. The van der Waals surface area contributed by atoms with E-state index in [2.05, 4.69) is 25.3 Å². The summed E-state index contributed by atoms with van der Waals surface area (Å²) in [6.07, 6.45) is 5.78. The van der Waals surface area contributed by atoms with E-state index in [0.717, 1.165) is 5.56 Å². The predicted octanol–water partition coefficient (Wildman–Crippen LogP) is 3.98. The molecule has 23 heavy (non-hydrogen) atoms. The molecule has 0 saturated carbocycles. The number of carbonyl (C=O) groups excluding carboxylic acids is 2. The van der Waals surface area contributed by atoms with Gasteiger partial charge in [-0.3, -0.25) is 9.59 Å². The third-order valence-corrected chi connectivity index (χ3v) is 4.34. The zero-order valence-electron chi connectivity index (χ0n) is 14.6. The summed E-state index contributed by atoms with van der Waals surface area (Å²) >= 11 is 0. The number of hydrogen-bond donors (Lipinski definition) is 0. The van der Waals surface area contributed by atoms with E-state index in [4.69, 9.17) is 0 Å². The summed E-state index contributed by atoms with van der Waals surface area (Å²) in [6, 6.07) is 9.97. The first-order valence-corrected chi connectivity index (χ1v) is 11.5. The van der Waals surface area contributed by atoms with Gasteiger partial charge in [-0.25, -0.2) is 0 Å². The van der Waals surface area contributed by atoms with Gasteiger partial charge in [0.05, 0.1) is 8.07 Å². The molecule has 0 atom stereocenters. The molecule has 0 aliphatic heterocycles. The lowest BCUT2D eigenvalue weighted by Gasteiger charge is -2.21. The lowest BCUT2D eigenvalue weighted by Crippen LogP contribution is -2.30. The van der Waals surface area contributed by atoms with Crippen LogP contribution in [0.2, 0.25) is 19.6 Å². The fraction of sp³-hybridized carbons (Fsp3) is 0.368. The van der Waals surface area contributed by atoms with E-state index in [1.807, 2.05) is 41.3 Å². The summed E-state index contributed by atoms with van der Waals surface area (Å²) < 4.78 is 0. The largest absolute Gasteiger partial charge is 0.335 e. The van der Waals surface area contributed by atoms with E-state index in [1.165, 1.54) is 6.92 Å². The molecule has 124 valence electrons. The topological polar surface area (TPSA) is 37.4 Å². The second-order valence-electron chi connectivity index (χ2n) is 6.75. The van der Waals surface area contributed by atoms with Gasteiger partial charge in [0.25, 0.3) is 0 Å². The molecule has 0 fully saturated rings. The van der Waals surface area contributed by atoms with Crippen molar-refractivity contribution in [3.8, 4) is 0 Å². The first-order valence-electron chi connectivity index (χ1n) is 7.97. The number of amides is 1. The molecule has 0 radical (unpaired) electrons. The summed E-state index contributed by atoms with van der Waals surface area (Å²) in [5.74, 6) is 0.0667. The van der Waals surface area contributed by atoms with Gasteiger partial charge in [0.1, 0.15) is 0 Å². The average Bonchev–Trinajstić information content (AvgIpc) is 2.48. The van der Waals surface area contributed by atoms with Gasteiger partial charge in [-0.05, 0) is 31.1 Å². The highest BCUT2D eigenvalue weighted by Gasteiger charge is 2.13. The Morgan fingerprint density at radius 3 is 2.30 bits per heavy atom. The van der Waals surface area contributed by atoms with Crippen LogP contribution in [0.5, 0.6) is 0 Å². The number of allylic oxidation sites excluding steroid dienone is 1. The van der Waals surface area contributed by atoms with Crippen LogP contribution >= 0.6 is 0 Å². The number of carbonyl (C=O) groups is 2. The van der Waals surface area contributed by atoms with Gasteiger partial charge >= 0.3 is 0 Å². The maximum absolute atomic E-state index is 12.5. The zero-order valence-corrected chi connectivity index (χ0v) is 15.6. The maximum atomic E-state index is 12.5. The van der Waals surface area contributed by atoms with Crippen LogP contribution in [-0.4, -0.2) is 31.2 Å². The Kier molecular flexibility index (Phi) is 7.69. The molecule has 0 saturated heterocycles. The van der Waals surface area contributed by atoms with Crippen molar-refractivity contribution in [2.45, 2.75) is 39.5 Å². The third-order valence-electron chi connectivity index (χ3n) is 3.17. The van der Waals surface area contributed by atoms with Crippen LogP contribution in [0, 0.1) is 0 Å². The summed E-state index contributed by atoms with van der Waals surface area (Å²) in [6.45, 7) is 9.33. The molecule has 1 aromatic carbocycles. The first-order chi connectivity index (χ1) is 10.8. The fourth-order valence-electron chi connectivity index (χ4n) is 1.98. The Labute approximate surface area is 140 Å². The Morgan fingerprint density at radius 1 is 1.09 bits per heavy atom. The van der Waals surface area contributed by atoms with Crippen molar-refractivity contribution in [1.29, 1.82) is 0 Å². The summed E-state index contributed by atoms with van der Waals surface area (Å²) in [5, 5.41) is 0. The minimum atomic E-state index is -1.40. The Bertz CT molecular complexity index is 571. The average molecular weight is 330 g/mol. The summed E-state index contributed by atoms with van der Waals surface area (Å²) in [4.78, 5) is 25.3. The Morgan fingerprint density at radius 2 is 1.74 bits per heavy atom. The van der Waals surface area contributed by atoms with Crippen molar-refractivity contribution in [3.05, 3.63) is 59.8 Å². The van der Waals surface area contributed by atoms with Crippen molar-refractivity contribution in [2.75, 3.05) is 6.54 Å². The molecule has 1 rings (SSSR count).